The molecule has 2 rings (SSSR count). The van der Waals surface area contributed by atoms with Crippen molar-refractivity contribution in [2.45, 2.75) is 52.5 Å². The van der Waals surface area contributed by atoms with Crippen molar-refractivity contribution in [1.29, 1.82) is 0 Å². The lowest BCUT2D eigenvalue weighted by molar-refractivity contribution is 0.267. The number of aliphatic imine (C=N–C) groups is 1. The molecule has 2 heterocycles. The molecule has 0 radical (unpaired) electrons. The first-order chi connectivity index (χ1) is 11.1. The van der Waals surface area contributed by atoms with Gasteiger partial charge in [-0.2, -0.15) is 0 Å². The number of aryl methyl sites for hydroxylation is 2. The second-order valence-electron chi connectivity index (χ2n) is 6.40. The predicted molar refractivity (Wildman–Crippen MR) is 109 cm³/mol. The Bertz CT molecular complexity index is 512. The van der Waals surface area contributed by atoms with E-state index in [2.05, 4.69) is 39.5 Å². The number of hydrogen-bond acceptors (Lipinski definition) is 4. The summed E-state index contributed by atoms with van der Waals surface area (Å²) in [4.78, 5) is 6.87. The van der Waals surface area contributed by atoms with Crippen LogP contribution in [0.15, 0.2) is 9.52 Å². The largest absolute Gasteiger partial charge is 0.361 e. The molecule has 24 heavy (non-hydrogen) atoms. The fourth-order valence-corrected chi connectivity index (χ4v) is 3.52. The first kappa shape index (κ1) is 21.2. The molecule has 0 saturated carbocycles. The van der Waals surface area contributed by atoms with Gasteiger partial charge in [0.15, 0.2) is 5.96 Å². The molecule has 0 aliphatic carbocycles. The summed E-state index contributed by atoms with van der Waals surface area (Å²) in [6.45, 7) is 12.5. The third kappa shape index (κ3) is 5.34. The van der Waals surface area contributed by atoms with Gasteiger partial charge in [-0.1, -0.05) is 19.0 Å². The van der Waals surface area contributed by atoms with Crippen molar-refractivity contribution in [3.63, 3.8) is 0 Å². The fraction of sp³-hybridized carbons (Fsp3) is 0.765. The molecule has 7 heteroatoms. The number of rotatable bonds is 6. The van der Waals surface area contributed by atoms with E-state index in [4.69, 9.17) is 4.52 Å². The Labute approximate surface area is 162 Å². The van der Waals surface area contributed by atoms with Gasteiger partial charge in [0.25, 0.3) is 0 Å². The van der Waals surface area contributed by atoms with Crippen LogP contribution in [0, 0.1) is 13.8 Å². The summed E-state index contributed by atoms with van der Waals surface area (Å²) in [6.07, 6.45) is 2.57. The minimum absolute atomic E-state index is 0. The van der Waals surface area contributed by atoms with Crippen molar-refractivity contribution in [3.05, 3.63) is 17.0 Å². The average molecular weight is 449 g/mol. The smallest absolute Gasteiger partial charge is 0.191 e. The van der Waals surface area contributed by atoms with Gasteiger partial charge < -0.3 is 15.2 Å². The zero-order valence-corrected chi connectivity index (χ0v) is 17.9. The SMILES string of the molecule is CCN1CCCC1CNC(=NC)NCC(C)c1c(C)noc1C.I. The first-order valence-electron chi connectivity index (χ1n) is 8.68. The topological polar surface area (TPSA) is 65.7 Å². The van der Waals surface area contributed by atoms with Crippen LogP contribution in [0.4, 0.5) is 0 Å². The molecule has 1 aliphatic rings. The molecule has 1 aliphatic heterocycles. The molecule has 2 atom stereocenters. The monoisotopic (exact) mass is 449 g/mol. The molecule has 1 aromatic rings. The maximum absolute atomic E-state index is 5.26. The van der Waals surface area contributed by atoms with Crippen molar-refractivity contribution in [2.24, 2.45) is 4.99 Å². The first-order valence-corrected chi connectivity index (χ1v) is 8.68. The van der Waals surface area contributed by atoms with Gasteiger partial charge in [-0.3, -0.25) is 9.89 Å². The van der Waals surface area contributed by atoms with Gasteiger partial charge >= 0.3 is 0 Å². The lowest BCUT2D eigenvalue weighted by Gasteiger charge is -2.24. The molecule has 0 amide bonds. The summed E-state index contributed by atoms with van der Waals surface area (Å²) >= 11 is 0. The zero-order valence-electron chi connectivity index (χ0n) is 15.6. The van der Waals surface area contributed by atoms with E-state index < -0.39 is 0 Å². The minimum atomic E-state index is 0. The third-order valence-corrected chi connectivity index (χ3v) is 4.79. The van der Waals surface area contributed by atoms with Crippen molar-refractivity contribution >= 4 is 29.9 Å². The Morgan fingerprint density at radius 1 is 1.42 bits per heavy atom. The number of guanidine groups is 1. The highest BCUT2D eigenvalue weighted by atomic mass is 127. The fourth-order valence-electron chi connectivity index (χ4n) is 3.52. The summed E-state index contributed by atoms with van der Waals surface area (Å²) in [6, 6.07) is 0.624. The van der Waals surface area contributed by atoms with Gasteiger partial charge in [-0.25, -0.2) is 0 Å². The highest BCUT2D eigenvalue weighted by Crippen LogP contribution is 2.22. The van der Waals surface area contributed by atoms with Crippen LogP contribution in [0.2, 0.25) is 0 Å². The lowest BCUT2D eigenvalue weighted by atomic mass is 10.00. The number of nitrogens with one attached hydrogen (secondary N) is 2. The molecular formula is C17H32IN5O. The molecule has 1 aromatic heterocycles. The van der Waals surface area contributed by atoms with Crippen LogP contribution in [0.3, 0.4) is 0 Å². The molecule has 1 saturated heterocycles. The molecule has 6 nitrogen and oxygen atoms in total. The van der Waals surface area contributed by atoms with E-state index in [0.29, 0.717) is 12.0 Å². The Hall–Kier alpha value is -0.830. The number of aromatic nitrogens is 1. The van der Waals surface area contributed by atoms with E-state index in [9.17, 15) is 0 Å². The van der Waals surface area contributed by atoms with Crippen LogP contribution < -0.4 is 10.6 Å². The van der Waals surface area contributed by atoms with Crippen LogP contribution in [0.5, 0.6) is 0 Å². The van der Waals surface area contributed by atoms with Crippen LogP contribution >= 0.6 is 24.0 Å². The quantitative estimate of drug-likeness (QED) is 0.397. The van der Waals surface area contributed by atoms with E-state index in [1.807, 2.05) is 20.9 Å². The highest BCUT2D eigenvalue weighted by molar-refractivity contribution is 14.0. The maximum Gasteiger partial charge on any atom is 0.191 e. The second-order valence-corrected chi connectivity index (χ2v) is 6.40. The van der Waals surface area contributed by atoms with Gasteiger partial charge in [0.1, 0.15) is 5.76 Å². The van der Waals surface area contributed by atoms with Gasteiger partial charge in [0, 0.05) is 37.7 Å². The Balaban J connectivity index is 0.00000288. The Morgan fingerprint density at radius 3 is 2.75 bits per heavy atom. The maximum atomic E-state index is 5.26. The summed E-state index contributed by atoms with van der Waals surface area (Å²) in [5, 5.41) is 10.9. The Kier molecular flexibility index (Phi) is 9.04. The van der Waals surface area contributed by atoms with Gasteiger partial charge in [0.05, 0.1) is 5.69 Å². The van der Waals surface area contributed by atoms with Crippen LogP contribution in [0.1, 0.15) is 49.6 Å². The zero-order chi connectivity index (χ0) is 16.8. The number of halogens is 1. The number of nitrogens with zero attached hydrogens (tertiary/aromatic N) is 3. The number of hydrogen-bond donors (Lipinski definition) is 2. The van der Waals surface area contributed by atoms with Crippen molar-refractivity contribution in [2.75, 3.05) is 33.2 Å². The van der Waals surface area contributed by atoms with E-state index >= 15 is 0 Å². The van der Waals surface area contributed by atoms with Crippen LogP contribution in [0.25, 0.3) is 0 Å². The molecule has 0 aromatic carbocycles. The minimum Gasteiger partial charge on any atom is -0.361 e. The molecule has 2 unspecified atom stereocenters. The number of likely N-dealkylation sites (tertiary alicyclic amines) is 1. The van der Waals surface area contributed by atoms with E-state index in [1.54, 1.807) is 0 Å². The van der Waals surface area contributed by atoms with Crippen molar-refractivity contribution < 1.29 is 4.52 Å². The lowest BCUT2D eigenvalue weighted by Crippen LogP contribution is -2.45. The van der Waals surface area contributed by atoms with Gasteiger partial charge in [-0.05, 0) is 39.8 Å². The normalized spacial score (nSPS) is 19.9. The Morgan fingerprint density at radius 2 is 2.17 bits per heavy atom. The predicted octanol–water partition coefficient (Wildman–Crippen LogP) is 2.66. The second kappa shape index (κ2) is 10.2. The van der Waals surface area contributed by atoms with Gasteiger partial charge in [-0.15, -0.1) is 24.0 Å². The molecule has 1 fully saturated rings. The molecular weight excluding hydrogens is 417 g/mol. The van der Waals surface area contributed by atoms with E-state index in [0.717, 1.165) is 37.0 Å². The highest BCUT2D eigenvalue weighted by Gasteiger charge is 2.23. The molecule has 0 spiro atoms. The van der Waals surface area contributed by atoms with E-state index in [1.165, 1.54) is 24.9 Å². The standard InChI is InChI=1S/C17H31N5O.HI/c1-6-22-9-7-8-15(22)11-20-17(18-5)19-10-12(2)16-13(3)21-23-14(16)4;/h12,15H,6-11H2,1-5H3,(H2,18,19,20);1H. The molecule has 2 N–H and O–H groups in total. The van der Waals surface area contributed by atoms with Crippen LogP contribution in [-0.2, 0) is 0 Å². The summed E-state index contributed by atoms with van der Waals surface area (Å²) < 4.78 is 5.26. The number of likely N-dealkylation sites (N-methyl/N-ethyl adjacent to an activating group) is 1. The average Bonchev–Trinajstić information content (AvgIpc) is 3.13. The van der Waals surface area contributed by atoms with Gasteiger partial charge in [0.2, 0.25) is 0 Å². The molecule has 138 valence electrons. The third-order valence-electron chi connectivity index (χ3n) is 4.79. The van der Waals surface area contributed by atoms with Crippen molar-refractivity contribution in [3.8, 4) is 0 Å². The molecule has 0 bridgehead atoms. The summed E-state index contributed by atoms with van der Waals surface area (Å²) in [5.74, 6) is 2.11. The van der Waals surface area contributed by atoms with Crippen molar-refractivity contribution in [1.82, 2.24) is 20.7 Å². The summed E-state index contributed by atoms with van der Waals surface area (Å²) in [7, 11) is 1.82. The van der Waals surface area contributed by atoms with E-state index in [-0.39, 0.29) is 24.0 Å². The summed E-state index contributed by atoms with van der Waals surface area (Å²) in [5.41, 5.74) is 2.17. The van der Waals surface area contributed by atoms with Crippen LogP contribution in [-0.4, -0.2) is 55.3 Å².